The molecule has 0 bridgehead atoms. The molecule has 136 valence electrons. The summed E-state index contributed by atoms with van der Waals surface area (Å²) in [5, 5.41) is 13.4. The van der Waals surface area contributed by atoms with Crippen LogP contribution in [0.4, 0.5) is 5.88 Å². The van der Waals surface area contributed by atoms with Crippen LogP contribution in [0.15, 0.2) is 40.8 Å². The molecule has 0 saturated carbocycles. The molecule has 1 aromatic carbocycles. The van der Waals surface area contributed by atoms with Gasteiger partial charge >= 0.3 is 5.88 Å². The lowest BCUT2D eigenvalue weighted by molar-refractivity contribution is -0.402. The molecule has 0 spiro atoms. The smallest absolute Gasteiger partial charge is 0.433 e. The fourth-order valence-corrected chi connectivity index (χ4v) is 2.58. The lowest BCUT2D eigenvalue weighted by Gasteiger charge is -2.37. The molecule has 26 heavy (non-hydrogen) atoms. The molecule has 9 nitrogen and oxygen atoms in total. The van der Waals surface area contributed by atoms with Crippen molar-refractivity contribution in [2.75, 3.05) is 20.2 Å². The van der Waals surface area contributed by atoms with E-state index in [1.54, 1.807) is 7.11 Å². The van der Waals surface area contributed by atoms with Gasteiger partial charge in [0.15, 0.2) is 5.76 Å². The van der Waals surface area contributed by atoms with Gasteiger partial charge in [0.05, 0.1) is 19.1 Å². The number of benzene rings is 1. The Hall–Kier alpha value is -3.36. The van der Waals surface area contributed by atoms with E-state index in [-0.39, 0.29) is 30.7 Å². The second kappa shape index (κ2) is 7.26. The minimum atomic E-state index is -0.706. The van der Waals surface area contributed by atoms with Crippen molar-refractivity contribution in [2.45, 2.75) is 6.54 Å². The fourth-order valence-electron chi connectivity index (χ4n) is 2.58. The Morgan fingerprint density at radius 1 is 1.27 bits per heavy atom. The molecule has 1 fully saturated rings. The summed E-state index contributed by atoms with van der Waals surface area (Å²) in [5.74, 6) is -0.752. The van der Waals surface area contributed by atoms with E-state index < -0.39 is 16.7 Å². The lowest BCUT2D eigenvalue weighted by atomic mass is 9.98. The number of carbonyl (C=O) groups excluding carboxylic acids is 2. The number of amides is 2. The molecule has 1 aliphatic heterocycles. The number of furan rings is 1. The van der Waals surface area contributed by atoms with Crippen molar-refractivity contribution in [3.8, 4) is 5.75 Å². The number of likely N-dealkylation sites (tertiary alicyclic amines) is 1. The van der Waals surface area contributed by atoms with Crippen molar-refractivity contribution in [3.05, 3.63) is 57.8 Å². The number of hydrogen-bond donors (Lipinski definition) is 1. The topological polar surface area (TPSA) is 115 Å². The van der Waals surface area contributed by atoms with Crippen LogP contribution in [0.5, 0.6) is 5.75 Å². The number of methoxy groups -OCH3 is 1. The maximum atomic E-state index is 12.1. The zero-order valence-electron chi connectivity index (χ0n) is 14.0. The van der Waals surface area contributed by atoms with Crippen LogP contribution in [0.3, 0.4) is 0 Å². The van der Waals surface area contributed by atoms with Crippen molar-refractivity contribution in [3.63, 3.8) is 0 Å². The van der Waals surface area contributed by atoms with Crippen LogP contribution in [-0.2, 0) is 11.3 Å². The van der Waals surface area contributed by atoms with Crippen LogP contribution in [0, 0.1) is 16.0 Å². The van der Waals surface area contributed by atoms with Crippen LogP contribution in [0.2, 0.25) is 0 Å². The van der Waals surface area contributed by atoms with E-state index in [1.165, 1.54) is 11.0 Å². The summed E-state index contributed by atoms with van der Waals surface area (Å²) in [6, 6.07) is 9.74. The molecule has 2 amide bonds. The molecule has 1 N–H and O–H groups in total. The highest BCUT2D eigenvalue weighted by Gasteiger charge is 2.37. The molecular formula is C17H17N3O6. The number of nitrogens with one attached hydrogen (secondary N) is 1. The SMILES string of the molecule is COc1ccc(CNC(=O)C2CN(C(=O)c3ccc([N+](=O)[O-])o3)C2)cc1. The van der Waals surface area contributed by atoms with E-state index in [4.69, 9.17) is 9.15 Å². The summed E-state index contributed by atoms with van der Waals surface area (Å²) in [5.41, 5.74) is 0.939. The first-order valence-corrected chi connectivity index (χ1v) is 7.92. The highest BCUT2D eigenvalue weighted by molar-refractivity contribution is 5.94. The Morgan fingerprint density at radius 2 is 1.96 bits per heavy atom. The zero-order chi connectivity index (χ0) is 18.7. The summed E-state index contributed by atoms with van der Waals surface area (Å²) in [7, 11) is 1.58. The maximum absolute atomic E-state index is 12.1. The van der Waals surface area contributed by atoms with Gasteiger partial charge < -0.3 is 19.4 Å². The standard InChI is InChI=1S/C17H17N3O6/c1-25-13-4-2-11(3-5-13)8-18-16(21)12-9-19(10-12)17(22)14-6-7-15(26-14)20(23)24/h2-7,12H,8-10H2,1H3,(H,18,21). The monoisotopic (exact) mass is 359 g/mol. The highest BCUT2D eigenvalue weighted by Crippen LogP contribution is 2.22. The molecule has 1 aromatic heterocycles. The lowest BCUT2D eigenvalue weighted by Crippen LogP contribution is -2.55. The molecule has 0 atom stereocenters. The van der Waals surface area contributed by atoms with Gasteiger partial charge in [0.25, 0.3) is 5.91 Å². The fraction of sp³-hybridized carbons (Fsp3) is 0.294. The predicted octanol–water partition coefficient (Wildman–Crippen LogP) is 1.58. The van der Waals surface area contributed by atoms with E-state index in [0.29, 0.717) is 6.54 Å². The molecule has 0 aliphatic carbocycles. The van der Waals surface area contributed by atoms with Gasteiger partial charge in [-0.15, -0.1) is 0 Å². The summed E-state index contributed by atoms with van der Waals surface area (Å²) in [6.45, 7) is 0.890. The molecule has 0 unspecified atom stereocenters. The largest absolute Gasteiger partial charge is 0.497 e. The van der Waals surface area contributed by atoms with Crippen molar-refractivity contribution in [2.24, 2.45) is 5.92 Å². The summed E-state index contributed by atoms with van der Waals surface area (Å²) in [6.07, 6.45) is 0. The van der Waals surface area contributed by atoms with Crippen molar-refractivity contribution in [1.29, 1.82) is 0 Å². The van der Waals surface area contributed by atoms with Gasteiger partial charge in [-0.3, -0.25) is 19.7 Å². The van der Waals surface area contributed by atoms with Gasteiger partial charge in [0, 0.05) is 19.6 Å². The van der Waals surface area contributed by atoms with E-state index in [9.17, 15) is 19.7 Å². The summed E-state index contributed by atoms with van der Waals surface area (Å²) in [4.78, 5) is 35.6. The van der Waals surface area contributed by atoms with Gasteiger partial charge in [0.2, 0.25) is 5.91 Å². The van der Waals surface area contributed by atoms with E-state index in [1.807, 2.05) is 24.3 Å². The van der Waals surface area contributed by atoms with E-state index >= 15 is 0 Å². The van der Waals surface area contributed by atoms with Crippen molar-refractivity contribution in [1.82, 2.24) is 10.2 Å². The average Bonchev–Trinajstić information content (AvgIpc) is 3.09. The molecule has 1 saturated heterocycles. The summed E-state index contributed by atoms with van der Waals surface area (Å²) >= 11 is 0. The average molecular weight is 359 g/mol. The van der Waals surface area contributed by atoms with Gasteiger partial charge in [-0.2, -0.15) is 0 Å². The third-order valence-electron chi connectivity index (χ3n) is 4.15. The normalized spacial score (nSPS) is 13.8. The number of nitrogens with zero attached hydrogens (tertiary/aromatic N) is 2. The van der Waals surface area contributed by atoms with E-state index in [0.717, 1.165) is 17.4 Å². The molecule has 0 radical (unpaired) electrons. The first-order chi connectivity index (χ1) is 12.5. The first-order valence-electron chi connectivity index (χ1n) is 7.92. The van der Waals surface area contributed by atoms with Gasteiger partial charge in [-0.25, -0.2) is 0 Å². The minimum absolute atomic E-state index is 0.103. The van der Waals surface area contributed by atoms with Crippen LogP contribution in [-0.4, -0.2) is 41.8 Å². The van der Waals surface area contributed by atoms with Crippen molar-refractivity contribution < 1.29 is 23.7 Å². The van der Waals surface area contributed by atoms with Crippen LogP contribution < -0.4 is 10.1 Å². The van der Waals surface area contributed by atoms with Gasteiger partial charge in [0.1, 0.15) is 10.7 Å². The highest BCUT2D eigenvalue weighted by atomic mass is 16.6. The zero-order valence-corrected chi connectivity index (χ0v) is 14.0. The Bertz CT molecular complexity index is 823. The Balaban J connectivity index is 1.46. The Morgan fingerprint density at radius 3 is 2.54 bits per heavy atom. The maximum Gasteiger partial charge on any atom is 0.433 e. The molecule has 2 heterocycles. The molecular weight excluding hydrogens is 342 g/mol. The quantitative estimate of drug-likeness (QED) is 0.618. The van der Waals surface area contributed by atoms with E-state index in [2.05, 4.69) is 5.32 Å². The number of nitro groups is 1. The Labute approximate surface area is 148 Å². The van der Waals surface area contributed by atoms with Crippen LogP contribution in [0.1, 0.15) is 16.1 Å². The van der Waals surface area contributed by atoms with Crippen LogP contribution >= 0.6 is 0 Å². The van der Waals surface area contributed by atoms with Crippen molar-refractivity contribution >= 4 is 17.7 Å². The molecule has 9 heteroatoms. The van der Waals surface area contributed by atoms with Gasteiger partial charge in [-0.1, -0.05) is 12.1 Å². The first kappa shape index (κ1) is 17.5. The second-order valence-electron chi connectivity index (χ2n) is 5.87. The summed E-state index contributed by atoms with van der Waals surface area (Å²) < 4.78 is 9.96. The number of hydrogen-bond acceptors (Lipinski definition) is 6. The predicted molar refractivity (Wildman–Crippen MR) is 89.6 cm³/mol. The Kier molecular flexibility index (Phi) is 4.87. The third kappa shape index (κ3) is 3.66. The number of rotatable bonds is 6. The molecule has 3 rings (SSSR count). The number of ether oxygens (including phenoxy) is 1. The second-order valence-corrected chi connectivity index (χ2v) is 5.87. The number of carbonyl (C=O) groups is 2. The van der Waals surface area contributed by atoms with Crippen LogP contribution in [0.25, 0.3) is 0 Å². The molecule has 1 aliphatic rings. The third-order valence-corrected chi connectivity index (χ3v) is 4.15. The van der Waals surface area contributed by atoms with Gasteiger partial charge in [-0.05, 0) is 23.8 Å². The minimum Gasteiger partial charge on any atom is -0.497 e. The molecule has 2 aromatic rings.